The number of benzene rings is 1. The second-order valence-corrected chi connectivity index (χ2v) is 6.35. The molecule has 1 aliphatic carbocycles. The van der Waals surface area contributed by atoms with Gasteiger partial charge in [-0.05, 0) is 43.5 Å². The van der Waals surface area contributed by atoms with Crippen LogP contribution in [0.5, 0.6) is 0 Å². The van der Waals surface area contributed by atoms with E-state index in [-0.39, 0.29) is 5.91 Å². The van der Waals surface area contributed by atoms with E-state index in [4.69, 9.17) is 11.6 Å². The van der Waals surface area contributed by atoms with Crippen LogP contribution in [0.1, 0.15) is 29.6 Å². The Morgan fingerprint density at radius 1 is 1.13 bits per heavy atom. The SMILES string of the molecule is O=C(NC1CCC1)c1ccc2nc(-c3ccc(Cl)cc3)cn2c1. The van der Waals surface area contributed by atoms with Crippen molar-refractivity contribution in [3.8, 4) is 11.3 Å². The molecule has 0 atom stereocenters. The highest BCUT2D eigenvalue weighted by molar-refractivity contribution is 6.30. The van der Waals surface area contributed by atoms with E-state index in [0.29, 0.717) is 16.6 Å². The van der Waals surface area contributed by atoms with Crippen molar-refractivity contribution in [3.05, 3.63) is 59.4 Å². The maximum Gasteiger partial charge on any atom is 0.252 e. The lowest BCUT2D eigenvalue weighted by atomic mass is 9.93. The third-order valence-corrected chi connectivity index (χ3v) is 4.55. The minimum Gasteiger partial charge on any atom is -0.349 e. The molecule has 0 aliphatic heterocycles. The maximum atomic E-state index is 12.2. The van der Waals surface area contributed by atoms with E-state index in [1.54, 1.807) is 0 Å². The van der Waals surface area contributed by atoms with Crippen LogP contribution in [0, 0.1) is 0 Å². The van der Waals surface area contributed by atoms with Gasteiger partial charge in [-0.1, -0.05) is 23.7 Å². The van der Waals surface area contributed by atoms with E-state index in [1.165, 1.54) is 6.42 Å². The molecule has 1 fully saturated rings. The summed E-state index contributed by atoms with van der Waals surface area (Å²) >= 11 is 5.92. The minimum absolute atomic E-state index is 0.0154. The predicted molar refractivity (Wildman–Crippen MR) is 90.7 cm³/mol. The molecule has 0 unspecified atom stereocenters. The maximum absolute atomic E-state index is 12.2. The second-order valence-electron chi connectivity index (χ2n) is 5.92. The average molecular weight is 326 g/mol. The number of fused-ring (bicyclic) bond motifs is 1. The molecule has 1 aliphatic rings. The predicted octanol–water partition coefficient (Wildman–Crippen LogP) is 3.94. The zero-order valence-electron chi connectivity index (χ0n) is 12.5. The fraction of sp³-hybridized carbons (Fsp3) is 0.222. The molecule has 116 valence electrons. The molecule has 5 heteroatoms. The number of carbonyl (C=O) groups is 1. The highest BCUT2D eigenvalue weighted by Crippen LogP contribution is 2.22. The molecule has 4 rings (SSSR count). The molecule has 1 saturated carbocycles. The minimum atomic E-state index is -0.0154. The van der Waals surface area contributed by atoms with Crippen molar-refractivity contribution in [3.63, 3.8) is 0 Å². The average Bonchev–Trinajstić information content (AvgIpc) is 2.94. The van der Waals surface area contributed by atoms with E-state index < -0.39 is 0 Å². The number of rotatable bonds is 3. The van der Waals surface area contributed by atoms with Crippen molar-refractivity contribution in [2.75, 3.05) is 0 Å². The molecule has 0 radical (unpaired) electrons. The first-order chi connectivity index (χ1) is 11.2. The summed E-state index contributed by atoms with van der Waals surface area (Å²) in [6.45, 7) is 0. The number of hydrogen-bond acceptors (Lipinski definition) is 2. The van der Waals surface area contributed by atoms with Crippen LogP contribution in [0.2, 0.25) is 5.02 Å². The van der Waals surface area contributed by atoms with Gasteiger partial charge in [0.25, 0.3) is 5.91 Å². The number of carbonyl (C=O) groups excluding carboxylic acids is 1. The van der Waals surface area contributed by atoms with Gasteiger partial charge in [0, 0.05) is 29.0 Å². The topological polar surface area (TPSA) is 46.4 Å². The quantitative estimate of drug-likeness (QED) is 0.793. The lowest BCUT2D eigenvalue weighted by Gasteiger charge is -2.26. The Kier molecular flexibility index (Phi) is 3.54. The first-order valence-corrected chi connectivity index (χ1v) is 8.12. The fourth-order valence-corrected chi connectivity index (χ4v) is 2.83. The largest absolute Gasteiger partial charge is 0.349 e. The van der Waals surface area contributed by atoms with Crippen LogP contribution in [0.15, 0.2) is 48.8 Å². The van der Waals surface area contributed by atoms with E-state index in [0.717, 1.165) is 29.7 Å². The molecule has 23 heavy (non-hydrogen) atoms. The summed E-state index contributed by atoms with van der Waals surface area (Å²) in [6.07, 6.45) is 7.13. The number of amides is 1. The van der Waals surface area contributed by atoms with Gasteiger partial charge in [0.05, 0.1) is 11.3 Å². The van der Waals surface area contributed by atoms with Gasteiger partial charge in [0.2, 0.25) is 0 Å². The van der Waals surface area contributed by atoms with Crippen molar-refractivity contribution < 1.29 is 4.79 Å². The van der Waals surface area contributed by atoms with Crippen LogP contribution >= 0.6 is 11.6 Å². The smallest absolute Gasteiger partial charge is 0.252 e. The van der Waals surface area contributed by atoms with Gasteiger partial charge in [-0.25, -0.2) is 4.98 Å². The standard InChI is InChI=1S/C18H16ClN3O/c19-14-7-4-12(5-8-14)16-11-22-10-13(6-9-17(22)21-16)18(23)20-15-2-1-3-15/h4-11,15H,1-3H2,(H,20,23). The highest BCUT2D eigenvalue weighted by atomic mass is 35.5. The van der Waals surface area contributed by atoms with Gasteiger partial charge < -0.3 is 9.72 Å². The first-order valence-electron chi connectivity index (χ1n) is 7.74. The lowest BCUT2D eigenvalue weighted by Crippen LogP contribution is -2.39. The number of imidazole rings is 1. The molecule has 0 bridgehead atoms. The second kappa shape index (κ2) is 5.70. The summed E-state index contributed by atoms with van der Waals surface area (Å²) in [5.74, 6) is -0.0154. The van der Waals surface area contributed by atoms with Gasteiger partial charge in [-0.2, -0.15) is 0 Å². The van der Waals surface area contributed by atoms with Crippen molar-refractivity contribution in [1.82, 2.24) is 14.7 Å². The van der Waals surface area contributed by atoms with Crippen LogP contribution in [0.4, 0.5) is 0 Å². The molecule has 0 saturated heterocycles. The number of aromatic nitrogens is 2. The van der Waals surface area contributed by atoms with E-state index in [1.807, 2.05) is 53.2 Å². The van der Waals surface area contributed by atoms with Gasteiger partial charge in [0.15, 0.2) is 0 Å². The molecular weight excluding hydrogens is 310 g/mol. The van der Waals surface area contributed by atoms with Gasteiger partial charge in [-0.3, -0.25) is 4.79 Å². The molecule has 2 aromatic heterocycles. The third-order valence-electron chi connectivity index (χ3n) is 4.29. The van der Waals surface area contributed by atoms with Crippen molar-refractivity contribution in [2.45, 2.75) is 25.3 Å². The van der Waals surface area contributed by atoms with E-state index in [2.05, 4.69) is 10.3 Å². The van der Waals surface area contributed by atoms with Gasteiger partial charge >= 0.3 is 0 Å². The fourth-order valence-electron chi connectivity index (χ4n) is 2.71. The molecule has 0 spiro atoms. The molecule has 4 nitrogen and oxygen atoms in total. The Bertz CT molecular complexity index is 866. The molecule has 3 aromatic rings. The number of nitrogens with one attached hydrogen (secondary N) is 1. The summed E-state index contributed by atoms with van der Waals surface area (Å²) in [6, 6.07) is 11.6. The van der Waals surface area contributed by atoms with Crippen LogP contribution in [0.25, 0.3) is 16.9 Å². The van der Waals surface area contributed by atoms with Crippen LogP contribution in [0.3, 0.4) is 0 Å². The molecule has 1 amide bonds. The van der Waals surface area contributed by atoms with Crippen molar-refractivity contribution >= 4 is 23.2 Å². The summed E-state index contributed by atoms with van der Waals surface area (Å²) in [4.78, 5) is 16.8. The Hall–Kier alpha value is -2.33. The van der Waals surface area contributed by atoms with E-state index in [9.17, 15) is 4.79 Å². The summed E-state index contributed by atoms with van der Waals surface area (Å²) in [5.41, 5.74) is 3.33. The number of hydrogen-bond donors (Lipinski definition) is 1. The molecule has 1 aromatic carbocycles. The Morgan fingerprint density at radius 2 is 1.91 bits per heavy atom. The Balaban J connectivity index is 1.63. The summed E-state index contributed by atoms with van der Waals surface area (Å²) < 4.78 is 1.89. The zero-order chi connectivity index (χ0) is 15.8. The van der Waals surface area contributed by atoms with Crippen LogP contribution in [-0.4, -0.2) is 21.3 Å². The van der Waals surface area contributed by atoms with Crippen LogP contribution < -0.4 is 5.32 Å². The first kappa shape index (κ1) is 14.3. The normalized spacial score (nSPS) is 14.7. The van der Waals surface area contributed by atoms with Gasteiger partial charge in [-0.15, -0.1) is 0 Å². The van der Waals surface area contributed by atoms with Crippen molar-refractivity contribution in [1.29, 1.82) is 0 Å². The summed E-state index contributed by atoms with van der Waals surface area (Å²) in [5, 5.41) is 3.76. The van der Waals surface area contributed by atoms with Gasteiger partial charge in [0.1, 0.15) is 5.65 Å². The van der Waals surface area contributed by atoms with Crippen molar-refractivity contribution in [2.24, 2.45) is 0 Å². The Morgan fingerprint density at radius 3 is 2.61 bits per heavy atom. The monoisotopic (exact) mass is 325 g/mol. The van der Waals surface area contributed by atoms with Crippen LogP contribution in [-0.2, 0) is 0 Å². The number of pyridine rings is 1. The third kappa shape index (κ3) is 2.82. The zero-order valence-corrected chi connectivity index (χ0v) is 13.3. The lowest BCUT2D eigenvalue weighted by molar-refractivity contribution is 0.0916. The number of nitrogens with zero attached hydrogens (tertiary/aromatic N) is 2. The Labute approximate surface area is 139 Å². The molecule has 2 heterocycles. The highest BCUT2D eigenvalue weighted by Gasteiger charge is 2.20. The molecular formula is C18H16ClN3O. The van der Waals surface area contributed by atoms with E-state index >= 15 is 0 Å². The summed E-state index contributed by atoms with van der Waals surface area (Å²) in [7, 11) is 0. The molecule has 1 N–H and O–H groups in total. The number of halogens is 1.